The molecule has 0 aromatic heterocycles. The van der Waals surface area contributed by atoms with Crippen LogP contribution in [0.15, 0.2) is 0 Å². The Morgan fingerprint density at radius 2 is 2.25 bits per heavy atom. The number of nitrogens with two attached hydrogens (primary N) is 1. The van der Waals surface area contributed by atoms with Gasteiger partial charge in [0.05, 0.1) is 12.0 Å². The predicted octanol–water partition coefficient (Wildman–Crippen LogP) is 0.687. The molecule has 0 aromatic carbocycles. The van der Waals surface area contributed by atoms with Gasteiger partial charge in [-0.15, -0.1) is 12.4 Å². The third-order valence-corrected chi connectivity index (χ3v) is 3.19. The summed E-state index contributed by atoms with van der Waals surface area (Å²) in [7, 11) is 0. The van der Waals surface area contributed by atoms with Crippen LogP contribution in [0, 0.1) is 11.8 Å². The second kappa shape index (κ2) is 5.84. The van der Waals surface area contributed by atoms with Crippen molar-refractivity contribution in [2.24, 2.45) is 17.6 Å². The van der Waals surface area contributed by atoms with Gasteiger partial charge in [0.1, 0.15) is 0 Å². The number of carbonyl (C=O) groups excluding carboxylic acids is 1. The highest BCUT2D eigenvalue weighted by Crippen LogP contribution is 2.34. The largest absolute Gasteiger partial charge is 0.378 e. The minimum atomic E-state index is 0. The Morgan fingerprint density at radius 1 is 1.56 bits per heavy atom. The van der Waals surface area contributed by atoms with E-state index in [0.717, 1.165) is 6.42 Å². The molecule has 2 aliphatic carbocycles. The number of carbonyl (C=O) groups is 1. The molecule has 94 valence electrons. The molecule has 0 saturated heterocycles. The van der Waals surface area contributed by atoms with Crippen LogP contribution in [0.25, 0.3) is 0 Å². The molecule has 3 atom stereocenters. The number of ether oxygens (including phenoxy) is 1. The number of nitrogens with one attached hydrogen (secondary N) is 1. The summed E-state index contributed by atoms with van der Waals surface area (Å²) in [6.45, 7) is 3.27. The van der Waals surface area contributed by atoms with Crippen molar-refractivity contribution >= 4 is 18.3 Å². The lowest BCUT2D eigenvalue weighted by atomic mass is 10.2. The zero-order valence-electron chi connectivity index (χ0n) is 9.65. The zero-order chi connectivity index (χ0) is 10.8. The normalized spacial score (nSPS) is 29.1. The first-order valence-corrected chi connectivity index (χ1v) is 5.87. The minimum absolute atomic E-state index is 0. The number of halogens is 1. The lowest BCUT2D eigenvalue weighted by Gasteiger charge is -2.11. The van der Waals surface area contributed by atoms with Crippen LogP contribution in [0.5, 0.6) is 0 Å². The minimum Gasteiger partial charge on any atom is -0.378 e. The molecular formula is C11H21ClN2O2. The maximum absolute atomic E-state index is 11.6. The van der Waals surface area contributed by atoms with E-state index in [2.05, 4.69) is 5.32 Å². The molecular weight excluding hydrogens is 228 g/mol. The third-order valence-electron chi connectivity index (χ3n) is 3.19. The molecule has 2 fully saturated rings. The Labute approximate surface area is 103 Å². The molecule has 5 heteroatoms. The van der Waals surface area contributed by atoms with Gasteiger partial charge in [0.15, 0.2) is 0 Å². The molecule has 3 unspecified atom stereocenters. The van der Waals surface area contributed by atoms with E-state index >= 15 is 0 Å². The van der Waals surface area contributed by atoms with Crippen LogP contribution in [-0.4, -0.2) is 31.2 Å². The van der Waals surface area contributed by atoms with Crippen LogP contribution in [0.1, 0.15) is 26.2 Å². The molecule has 16 heavy (non-hydrogen) atoms. The van der Waals surface area contributed by atoms with Crippen molar-refractivity contribution in [2.75, 3.05) is 13.2 Å². The van der Waals surface area contributed by atoms with E-state index in [-0.39, 0.29) is 36.4 Å². The van der Waals surface area contributed by atoms with E-state index in [4.69, 9.17) is 10.5 Å². The Bertz CT molecular complexity index is 246. The van der Waals surface area contributed by atoms with Crippen LogP contribution in [0.4, 0.5) is 0 Å². The molecule has 0 radical (unpaired) electrons. The molecule has 2 aliphatic rings. The maximum atomic E-state index is 11.6. The molecule has 1 amide bonds. The van der Waals surface area contributed by atoms with Crippen molar-refractivity contribution in [1.29, 1.82) is 0 Å². The first-order chi connectivity index (χ1) is 7.22. The average Bonchev–Trinajstić information content (AvgIpc) is 3.05. The SMILES string of the molecule is CCOC1CC1C(=O)NCC(N)C1CC1.Cl. The predicted molar refractivity (Wildman–Crippen MR) is 64.5 cm³/mol. The van der Waals surface area contributed by atoms with Gasteiger partial charge in [0.25, 0.3) is 0 Å². The molecule has 0 aliphatic heterocycles. The highest BCUT2D eigenvalue weighted by molar-refractivity contribution is 5.85. The first-order valence-electron chi connectivity index (χ1n) is 5.87. The van der Waals surface area contributed by atoms with Gasteiger partial charge in [-0.1, -0.05) is 0 Å². The molecule has 0 heterocycles. The molecule has 0 spiro atoms. The highest BCUT2D eigenvalue weighted by atomic mass is 35.5. The van der Waals surface area contributed by atoms with Gasteiger partial charge >= 0.3 is 0 Å². The first kappa shape index (κ1) is 13.7. The van der Waals surface area contributed by atoms with Crippen molar-refractivity contribution in [3.8, 4) is 0 Å². The Kier molecular flexibility index (Phi) is 5.02. The standard InChI is InChI=1S/C11H20N2O2.ClH/c1-2-15-10-5-8(10)11(14)13-6-9(12)7-3-4-7;/h7-10H,2-6,12H2,1H3,(H,13,14);1H. The van der Waals surface area contributed by atoms with Crippen molar-refractivity contribution in [3.63, 3.8) is 0 Å². The summed E-state index contributed by atoms with van der Waals surface area (Å²) >= 11 is 0. The summed E-state index contributed by atoms with van der Waals surface area (Å²) in [4.78, 5) is 11.6. The van der Waals surface area contributed by atoms with Crippen LogP contribution in [-0.2, 0) is 9.53 Å². The summed E-state index contributed by atoms with van der Waals surface area (Å²) < 4.78 is 5.36. The summed E-state index contributed by atoms with van der Waals surface area (Å²) in [5, 5.41) is 2.91. The van der Waals surface area contributed by atoms with Gasteiger partial charge in [-0.25, -0.2) is 0 Å². The molecule has 3 N–H and O–H groups in total. The quantitative estimate of drug-likeness (QED) is 0.727. The Hall–Kier alpha value is -0.320. The van der Waals surface area contributed by atoms with Gasteiger partial charge in [0, 0.05) is 19.2 Å². The fourth-order valence-electron chi connectivity index (χ4n) is 1.89. The van der Waals surface area contributed by atoms with Gasteiger partial charge in [-0.2, -0.15) is 0 Å². The second-order valence-corrected chi connectivity index (χ2v) is 4.58. The van der Waals surface area contributed by atoms with E-state index in [1.54, 1.807) is 0 Å². The Balaban J connectivity index is 0.00000128. The van der Waals surface area contributed by atoms with Crippen LogP contribution in [0.3, 0.4) is 0 Å². The number of hydrogen-bond acceptors (Lipinski definition) is 3. The van der Waals surface area contributed by atoms with Crippen LogP contribution in [0.2, 0.25) is 0 Å². The third kappa shape index (κ3) is 3.61. The number of amides is 1. The summed E-state index contributed by atoms with van der Waals surface area (Å²) in [5.74, 6) is 0.841. The molecule has 2 saturated carbocycles. The monoisotopic (exact) mass is 248 g/mol. The van der Waals surface area contributed by atoms with Crippen molar-refractivity contribution in [2.45, 2.75) is 38.3 Å². The maximum Gasteiger partial charge on any atom is 0.225 e. The van der Waals surface area contributed by atoms with E-state index in [9.17, 15) is 4.79 Å². The fraction of sp³-hybridized carbons (Fsp3) is 0.909. The van der Waals surface area contributed by atoms with Crippen LogP contribution >= 0.6 is 12.4 Å². The van der Waals surface area contributed by atoms with Gasteiger partial charge in [0.2, 0.25) is 5.91 Å². The zero-order valence-corrected chi connectivity index (χ0v) is 10.5. The average molecular weight is 249 g/mol. The van der Waals surface area contributed by atoms with Gasteiger partial charge in [-0.3, -0.25) is 4.79 Å². The number of rotatable bonds is 6. The summed E-state index contributed by atoms with van der Waals surface area (Å²) in [5.41, 5.74) is 5.90. The van der Waals surface area contributed by atoms with Crippen molar-refractivity contribution in [1.82, 2.24) is 5.32 Å². The number of hydrogen-bond donors (Lipinski definition) is 2. The summed E-state index contributed by atoms with van der Waals surface area (Å²) in [6, 6.07) is 0.151. The van der Waals surface area contributed by atoms with Crippen molar-refractivity contribution in [3.05, 3.63) is 0 Å². The van der Waals surface area contributed by atoms with Gasteiger partial charge in [-0.05, 0) is 32.1 Å². The fourth-order valence-corrected chi connectivity index (χ4v) is 1.89. The lowest BCUT2D eigenvalue weighted by Crippen LogP contribution is -2.39. The molecule has 2 rings (SSSR count). The molecule has 0 aromatic rings. The lowest BCUT2D eigenvalue weighted by molar-refractivity contribution is -0.123. The van der Waals surface area contributed by atoms with E-state index < -0.39 is 0 Å². The van der Waals surface area contributed by atoms with E-state index in [1.807, 2.05) is 6.92 Å². The van der Waals surface area contributed by atoms with E-state index in [0.29, 0.717) is 19.1 Å². The topological polar surface area (TPSA) is 64.3 Å². The highest BCUT2D eigenvalue weighted by Gasteiger charge is 2.44. The Morgan fingerprint density at radius 3 is 2.81 bits per heavy atom. The smallest absolute Gasteiger partial charge is 0.225 e. The van der Waals surface area contributed by atoms with Gasteiger partial charge < -0.3 is 15.8 Å². The summed E-state index contributed by atoms with van der Waals surface area (Å²) in [6.07, 6.45) is 3.48. The van der Waals surface area contributed by atoms with E-state index in [1.165, 1.54) is 12.8 Å². The van der Waals surface area contributed by atoms with Crippen molar-refractivity contribution < 1.29 is 9.53 Å². The van der Waals surface area contributed by atoms with Crippen LogP contribution < -0.4 is 11.1 Å². The second-order valence-electron chi connectivity index (χ2n) is 4.58. The molecule has 4 nitrogen and oxygen atoms in total. The molecule has 0 bridgehead atoms.